The minimum atomic E-state index is -0.456. The molecular formula is C37H23NOS. The van der Waals surface area contributed by atoms with Crippen molar-refractivity contribution in [3.8, 4) is 22.6 Å². The molecule has 2 heterocycles. The monoisotopic (exact) mass is 529 g/mol. The first-order chi connectivity index (χ1) is 19.8. The maximum atomic E-state index is 6.57. The van der Waals surface area contributed by atoms with Crippen LogP contribution >= 0.6 is 11.3 Å². The Hall–Kier alpha value is -4.86. The standard InChI is InChI=1S/C37H23NOS/c1-4-12-29-25(9-1)26-10-2-5-13-30(26)37(29)31-14-6-7-15-33(31)39-34-19-17-24(22-32(34)37)38-23-18-20-36-28(21-23)27-11-3-8-16-35(27)40-36/h1-22,38H. The maximum absolute atomic E-state index is 6.57. The Morgan fingerprint density at radius 3 is 1.90 bits per heavy atom. The van der Waals surface area contributed by atoms with Crippen molar-refractivity contribution in [2.45, 2.75) is 5.41 Å². The van der Waals surface area contributed by atoms with Gasteiger partial charge in [-0.3, -0.25) is 0 Å². The molecule has 0 atom stereocenters. The third-order valence-electron chi connectivity index (χ3n) is 8.51. The Labute approximate surface area is 236 Å². The van der Waals surface area contributed by atoms with Crippen LogP contribution in [-0.4, -0.2) is 0 Å². The number of anilines is 2. The molecule has 9 rings (SSSR count). The van der Waals surface area contributed by atoms with Crippen molar-refractivity contribution in [3.63, 3.8) is 0 Å². The SMILES string of the molecule is c1ccc2c(c1)Oc1ccc(Nc3ccc4sc5ccccc5c4c3)cc1C21c2ccccc2-c2ccccc21. The Morgan fingerprint density at radius 2 is 1.07 bits per heavy atom. The number of rotatable bonds is 2. The Bertz CT molecular complexity index is 2090. The van der Waals surface area contributed by atoms with E-state index in [-0.39, 0.29) is 0 Å². The molecule has 1 spiro atoms. The van der Waals surface area contributed by atoms with Crippen molar-refractivity contribution in [3.05, 3.63) is 156 Å². The van der Waals surface area contributed by atoms with Crippen LogP contribution in [0.5, 0.6) is 11.5 Å². The summed E-state index contributed by atoms with van der Waals surface area (Å²) in [4.78, 5) is 0. The number of para-hydroxylation sites is 1. The molecule has 0 saturated carbocycles. The number of thiophene rings is 1. The summed E-state index contributed by atoms with van der Waals surface area (Å²) in [5.74, 6) is 1.81. The maximum Gasteiger partial charge on any atom is 0.132 e. The average Bonchev–Trinajstić information content (AvgIpc) is 3.52. The predicted octanol–water partition coefficient (Wildman–Crippen LogP) is 10.3. The zero-order valence-electron chi connectivity index (χ0n) is 21.5. The fraction of sp³-hybridized carbons (Fsp3) is 0.0270. The van der Waals surface area contributed by atoms with Gasteiger partial charge in [0, 0.05) is 42.7 Å². The average molecular weight is 530 g/mol. The molecule has 0 bridgehead atoms. The topological polar surface area (TPSA) is 21.3 Å². The highest BCUT2D eigenvalue weighted by atomic mass is 32.1. The highest BCUT2D eigenvalue weighted by Crippen LogP contribution is 2.62. The summed E-state index contributed by atoms with van der Waals surface area (Å²) in [6, 6.07) is 48.1. The van der Waals surface area contributed by atoms with E-state index in [2.05, 4.69) is 139 Å². The first kappa shape index (κ1) is 22.0. The quantitative estimate of drug-likeness (QED) is 0.240. The van der Waals surface area contributed by atoms with E-state index in [0.29, 0.717) is 0 Å². The van der Waals surface area contributed by atoms with Crippen molar-refractivity contribution < 1.29 is 4.74 Å². The Kier molecular flexibility index (Phi) is 4.44. The summed E-state index contributed by atoms with van der Waals surface area (Å²) in [5.41, 5.74) is 9.19. The van der Waals surface area contributed by atoms with Gasteiger partial charge in [-0.1, -0.05) is 84.9 Å². The van der Waals surface area contributed by atoms with Gasteiger partial charge in [-0.25, -0.2) is 0 Å². The van der Waals surface area contributed by atoms with Crippen LogP contribution in [0.1, 0.15) is 22.3 Å². The normalized spacial score (nSPS) is 13.9. The summed E-state index contributed by atoms with van der Waals surface area (Å²) in [6.45, 7) is 0. The molecule has 1 aromatic heterocycles. The number of hydrogen-bond donors (Lipinski definition) is 1. The molecular weight excluding hydrogens is 506 g/mol. The molecule has 40 heavy (non-hydrogen) atoms. The van der Waals surface area contributed by atoms with Gasteiger partial charge in [-0.2, -0.15) is 0 Å². The van der Waals surface area contributed by atoms with Crippen LogP contribution in [0, 0.1) is 0 Å². The molecule has 1 N–H and O–H groups in total. The van der Waals surface area contributed by atoms with Crippen LogP contribution in [0.25, 0.3) is 31.3 Å². The summed E-state index contributed by atoms with van der Waals surface area (Å²) in [6.07, 6.45) is 0. The van der Waals surface area contributed by atoms with E-state index in [1.807, 2.05) is 11.3 Å². The van der Waals surface area contributed by atoms with E-state index >= 15 is 0 Å². The molecule has 7 aromatic rings. The van der Waals surface area contributed by atoms with Crippen LogP contribution in [0.3, 0.4) is 0 Å². The molecule has 0 fully saturated rings. The van der Waals surface area contributed by atoms with Gasteiger partial charge in [0.05, 0.1) is 5.41 Å². The van der Waals surface area contributed by atoms with Crippen LogP contribution in [0.15, 0.2) is 133 Å². The zero-order chi connectivity index (χ0) is 26.3. The Morgan fingerprint density at radius 1 is 0.475 bits per heavy atom. The second-order valence-corrected chi connectivity index (χ2v) is 11.7. The third kappa shape index (κ3) is 2.87. The largest absolute Gasteiger partial charge is 0.457 e. The van der Waals surface area contributed by atoms with Crippen molar-refractivity contribution in [2.75, 3.05) is 5.32 Å². The van der Waals surface area contributed by atoms with Crippen LogP contribution in [0.2, 0.25) is 0 Å². The van der Waals surface area contributed by atoms with E-state index in [0.717, 1.165) is 28.4 Å². The highest BCUT2D eigenvalue weighted by molar-refractivity contribution is 7.25. The molecule has 0 unspecified atom stereocenters. The summed E-state index contributed by atoms with van der Waals surface area (Å²) in [5, 5.41) is 6.32. The van der Waals surface area contributed by atoms with Crippen molar-refractivity contribution >= 4 is 42.9 Å². The number of benzene rings is 6. The van der Waals surface area contributed by atoms with Crippen LogP contribution < -0.4 is 10.1 Å². The lowest BCUT2D eigenvalue weighted by Crippen LogP contribution is -2.32. The van der Waals surface area contributed by atoms with E-state index in [1.165, 1.54) is 48.0 Å². The van der Waals surface area contributed by atoms with Gasteiger partial charge in [0.2, 0.25) is 0 Å². The lowest BCUT2D eigenvalue weighted by Gasteiger charge is -2.39. The fourth-order valence-corrected chi connectivity index (χ4v) is 7.99. The molecule has 0 amide bonds. The van der Waals surface area contributed by atoms with Crippen LogP contribution in [-0.2, 0) is 5.41 Å². The second-order valence-electron chi connectivity index (χ2n) is 10.6. The van der Waals surface area contributed by atoms with Crippen molar-refractivity contribution in [2.24, 2.45) is 0 Å². The van der Waals surface area contributed by atoms with Gasteiger partial charge in [-0.05, 0) is 70.8 Å². The predicted molar refractivity (Wildman–Crippen MR) is 166 cm³/mol. The highest BCUT2D eigenvalue weighted by Gasteiger charge is 2.50. The minimum absolute atomic E-state index is 0.456. The molecule has 2 nitrogen and oxygen atoms in total. The van der Waals surface area contributed by atoms with Crippen molar-refractivity contribution in [1.82, 2.24) is 0 Å². The van der Waals surface area contributed by atoms with Gasteiger partial charge in [0.15, 0.2) is 0 Å². The van der Waals surface area contributed by atoms with Gasteiger partial charge in [-0.15, -0.1) is 11.3 Å². The minimum Gasteiger partial charge on any atom is -0.457 e. The molecule has 0 saturated heterocycles. The van der Waals surface area contributed by atoms with E-state index in [9.17, 15) is 0 Å². The first-order valence-electron chi connectivity index (χ1n) is 13.6. The summed E-state index contributed by atoms with van der Waals surface area (Å²) in [7, 11) is 0. The molecule has 1 aliphatic heterocycles. The third-order valence-corrected chi connectivity index (χ3v) is 9.66. The molecule has 6 aromatic carbocycles. The number of hydrogen-bond acceptors (Lipinski definition) is 3. The lowest BCUT2D eigenvalue weighted by molar-refractivity contribution is 0.436. The van der Waals surface area contributed by atoms with E-state index in [4.69, 9.17) is 4.74 Å². The summed E-state index contributed by atoms with van der Waals surface area (Å²) < 4.78 is 9.19. The molecule has 2 aliphatic rings. The number of nitrogens with one attached hydrogen (secondary N) is 1. The van der Waals surface area contributed by atoms with Gasteiger partial charge in [0.1, 0.15) is 11.5 Å². The van der Waals surface area contributed by atoms with E-state index < -0.39 is 5.41 Å². The second kappa shape index (κ2) is 8.08. The van der Waals surface area contributed by atoms with E-state index in [1.54, 1.807) is 0 Å². The van der Waals surface area contributed by atoms with Crippen molar-refractivity contribution in [1.29, 1.82) is 0 Å². The van der Waals surface area contributed by atoms with Gasteiger partial charge < -0.3 is 10.1 Å². The molecule has 188 valence electrons. The first-order valence-corrected chi connectivity index (χ1v) is 14.4. The fourth-order valence-electron chi connectivity index (χ4n) is 6.90. The summed E-state index contributed by atoms with van der Waals surface area (Å²) >= 11 is 1.84. The molecule has 0 radical (unpaired) electrons. The van der Waals surface area contributed by atoms with Gasteiger partial charge >= 0.3 is 0 Å². The smallest absolute Gasteiger partial charge is 0.132 e. The van der Waals surface area contributed by atoms with Gasteiger partial charge in [0.25, 0.3) is 0 Å². The lowest BCUT2D eigenvalue weighted by atomic mass is 9.66. The zero-order valence-corrected chi connectivity index (χ0v) is 22.3. The molecule has 1 aliphatic carbocycles. The van der Waals surface area contributed by atoms with Crippen LogP contribution in [0.4, 0.5) is 11.4 Å². The number of fused-ring (bicyclic) bond motifs is 12. The molecule has 3 heteroatoms. The Balaban J connectivity index is 1.26. The number of ether oxygens (including phenoxy) is 1.